The smallest absolute Gasteiger partial charge is 0.241 e. The predicted octanol–water partition coefficient (Wildman–Crippen LogP) is 3.00. The normalized spacial score (nSPS) is 39.6. The van der Waals surface area contributed by atoms with Crippen LogP contribution in [0.4, 0.5) is 0 Å². The van der Waals surface area contributed by atoms with Gasteiger partial charge in [-0.1, -0.05) is 34.6 Å². The minimum Gasteiger partial charge on any atom is -0.323 e. The average Bonchev–Trinajstić information content (AvgIpc) is 2.82. The molecule has 3 heteroatoms. The molecule has 5 atom stereocenters. The molecule has 19 heavy (non-hydrogen) atoms. The second-order valence-electron chi connectivity index (χ2n) is 7.00. The van der Waals surface area contributed by atoms with E-state index in [1.54, 1.807) is 0 Å². The van der Waals surface area contributed by atoms with E-state index in [1.807, 2.05) is 0 Å². The molecular weight excluding hydrogens is 236 g/mol. The van der Waals surface area contributed by atoms with Crippen LogP contribution in [-0.4, -0.2) is 29.1 Å². The molecule has 1 aliphatic heterocycles. The van der Waals surface area contributed by atoms with Crippen molar-refractivity contribution in [2.75, 3.05) is 0 Å². The Hall–Kier alpha value is -0.570. The summed E-state index contributed by atoms with van der Waals surface area (Å²) in [7, 11) is 0. The molecule has 110 valence electrons. The summed E-state index contributed by atoms with van der Waals surface area (Å²) >= 11 is 0. The maximum absolute atomic E-state index is 12.7. The number of carbonyl (C=O) groups excluding carboxylic acids is 1. The Morgan fingerprint density at radius 3 is 2.47 bits per heavy atom. The fourth-order valence-electron chi connectivity index (χ4n) is 3.80. The Morgan fingerprint density at radius 1 is 1.32 bits per heavy atom. The zero-order valence-electron chi connectivity index (χ0n) is 13.1. The van der Waals surface area contributed by atoms with Crippen LogP contribution in [0.1, 0.15) is 60.3 Å². The van der Waals surface area contributed by atoms with Crippen LogP contribution in [0.3, 0.4) is 0 Å². The highest BCUT2D eigenvalue weighted by atomic mass is 16.2. The van der Waals surface area contributed by atoms with Crippen molar-refractivity contribution in [2.24, 2.45) is 17.8 Å². The van der Waals surface area contributed by atoms with Gasteiger partial charge >= 0.3 is 0 Å². The SMILES string of the molecule is CCC1NC(CC(C)C)C(=O)N1C1CCC(C)C1C. The van der Waals surface area contributed by atoms with Crippen molar-refractivity contribution in [3.05, 3.63) is 0 Å². The second-order valence-corrected chi connectivity index (χ2v) is 7.00. The summed E-state index contributed by atoms with van der Waals surface area (Å²) in [6.07, 6.45) is 4.68. The largest absolute Gasteiger partial charge is 0.323 e. The Kier molecular flexibility index (Phi) is 4.54. The van der Waals surface area contributed by atoms with E-state index in [9.17, 15) is 4.79 Å². The molecule has 0 aromatic rings. The molecule has 0 aromatic carbocycles. The van der Waals surface area contributed by atoms with Gasteiger partial charge < -0.3 is 4.90 Å². The molecule has 2 aliphatic rings. The highest BCUT2D eigenvalue weighted by Crippen LogP contribution is 2.37. The highest BCUT2D eigenvalue weighted by Gasteiger charge is 2.45. The zero-order valence-corrected chi connectivity index (χ0v) is 13.1. The van der Waals surface area contributed by atoms with E-state index in [0.29, 0.717) is 23.8 Å². The Morgan fingerprint density at radius 2 is 2.00 bits per heavy atom. The summed E-state index contributed by atoms with van der Waals surface area (Å²) in [5, 5.41) is 3.56. The predicted molar refractivity (Wildman–Crippen MR) is 78.7 cm³/mol. The number of hydrogen-bond acceptors (Lipinski definition) is 2. The Bertz CT molecular complexity index is 329. The molecule has 2 fully saturated rings. The van der Waals surface area contributed by atoms with Gasteiger partial charge in [0.2, 0.25) is 5.91 Å². The molecule has 0 spiro atoms. The van der Waals surface area contributed by atoms with Crippen molar-refractivity contribution in [2.45, 2.75) is 78.6 Å². The first-order chi connectivity index (χ1) is 8.95. The van der Waals surface area contributed by atoms with Gasteiger partial charge in [0.05, 0.1) is 12.2 Å². The van der Waals surface area contributed by atoms with Crippen molar-refractivity contribution in [3.8, 4) is 0 Å². The molecule has 1 N–H and O–H groups in total. The van der Waals surface area contributed by atoms with Gasteiger partial charge in [-0.15, -0.1) is 0 Å². The van der Waals surface area contributed by atoms with Gasteiger partial charge in [0.15, 0.2) is 0 Å². The maximum Gasteiger partial charge on any atom is 0.241 e. The third-order valence-electron chi connectivity index (χ3n) is 5.16. The van der Waals surface area contributed by atoms with E-state index in [4.69, 9.17) is 0 Å². The third kappa shape index (κ3) is 2.81. The fraction of sp³-hybridized carbons (Fsp3) is 0.938. The van der Waals surface area contributed by atoms with Crippen molar-refractivity contribution >= 4 is 5.91 Å². The average molecular weight is 266 g/mol. The van der Waals surface area contributed by atoms with E-state index in [2.05, 4.69) is 44.8 Å². The lowest BCUT2D eigenvalue weighted by Gasteiger charge is -2.33. The molecular formula is C16H30N2O. The summed E-state index contributed by atoms with van der Waals surface area (Å²) < 4.78 is 0. The molecule has 0 radical (unpaired) electrons. The van der Waals surface area contributed by atoms with Gasteiger partial charge in [0.25, 0.3) is 0 Å². The fourth-order valence-corrected chi connectivity index (χ4v) is 3.80. The van der Waals surface area contributed by atoms with Crippen molar-refractivity contribution in [3.63, 3.8) is 0 Å². The van der Waals surface area contributed by atoms with Crippen LogP contribution in [-0.2, 0) is 4.79 Å². The summed E-state index contributed by atoms with van der Waals surface area (Å²) in [6, 6.07) is 0.505. The summed E-state index contributed by atoms with van der Waals surface area (Å²) in [5.41, 5.74) is 0. The van der Waals surface area contributed by atoms with Gasteiger partial charge in [-0.25, -0.2) is 0 Å². The quantitative estimate of drug-likeness (QED) is 0.848. The van der Waals surface area contributed by atoms with Crippen LogP contribution in [0.2, 0.25) is 0 Å². The second kappa shape index (κ2) is 5.82. The number of amides is 1. The maximum atomic E-state index is 12.7. The molecule has 1 aliphatic carbocycles. The van der Waals surface area contributed by atoms with Crippen molar-refractivity contribution in [1.29, 1.82) is 0 Å². The molecule has 2 rings (SSSR count). The molecule has 0 bridgehead atoms. The number of nitrogens with zero attached hydrogens (tertiary/aromatic N) is 1. The summed E-state index contributed by atoms with van der Waals surface area (Å²) in [4.78, 5) is 14.9. The van der Waals surface area contributed by atoms with E-state index >= 15 is 0 Å². The first kappa shape index (κ1) is 14.8. The summed E-state index contributed by atoms with van der Waals surface area (Å²) in [5.74, 6) is 2.31. The Labute approximate surface area is 118 Å². The van der Waals surface area contributed by atoms with Crippen molar-refractivity contribution in [1.82, 2.24) is 10.2 Å². The number of rotatable bonds is 4. The van der Waals surface area contributed by atoms with Gasteiger partial charge in [-0.3, -0.25) is 10.1 Å². The van der Waals surface area contributed by atoms with E-state index < -0.39 is 0 Å². The monoisotopic (exact) mass is 266 g/mol. The number of nitrogens with one attached hydrogen (secondary N) is 1. The first-order valence-corrected chi connectivity index (χ1v) is 8.03. The molecule has 1 heterocycles. The molecule has 1 saturated heterocycles. The number of hydrogen-bond donors (Lipinski definition) is 1. The minimum atomic E-state index is 0.0491. The lowest BCUT2D eigenvalue weighted by molar-refractivity contribution is -0.133. The lowest BCUT2D eigenvalue weighted by Crippen LogP contribution is -2.46. The van der Waals surface area contributed by atoms with Gasteiger partial charge in [0, 0.05) is 6.04 Å². The topological polar surface area (TPSA) is 32.3 Å². The van der Waals surface area contributed by atoms with Crippen LogP contribution in [0, 0.1) is 17.8 Å². The van der Waals surface area contributed by atoms with Gasteiger partial charge in [-0.05, 0) is 43.4 Å². The molecule has 1 amide bonds. The van der Waals surface area contributed by atoms with Crippen LogP contribution in [0.25, 0.3) is 0 Å². The highest BCUT2D eigenvalue weighted by molar-refractivity contribution is 5.84. The van der Waals surface area contributed by atoms with E-state index in [-0.39, 0.29) is 12.2 Å². The first-order valence-electron chi connectivity index (χ1n) is 8.03. The van der Waals surface area contributed by atoms with Crippen molar-refractivity contribution < 1.29 is 4.79 Å². The summed E-state index contributed by atoms with van der Waals surface area (Å²) in [6.45, 7) is 11.2. The van der Waals surface area contributed by atoms with Crippen LogP contribution in [0.5, 0.6) is 0 Å². The van der Waals surface area contributed by atoms with Crippen LogP contribution in [0.15, 0.2) is 0 Å². The molecule has 5 unspecified atom stereocenters. The Balaban J connectivity index is 2.12. The number of carbonyl (C=O) groups is 1. The zero-order chi connectivity index (χ0) is 14.2. The standard InChI is InChI=1S/C16H30N2O/c1-6-15-17-13(9-10(2)3)16(19)18(15)14-8-7-11(4)12(14)5/h10-15,17H,6-9H2,1-5H3. The molecule has 1 saturated carbocycles. The van der Waals surface area contributed by atoms with Crippen LogP contribution >= 0.6 is 0 Å². The molecule has 3 nitrogen and oxygen atoms in total. The lowest BCUT2D eigenvalue weighted by atomic mass is 9.96. The van der Waals surface area contributed by atoms with Gasteiger partial charge in [0.1, 0.15) is 0 Å². The van der Waals surface area contributed by atoms with E-state index in [1.165, 1.54) is 12.8 Å². The third-order valence-corrected chi connectivity index (χ3v) is 5.16. The van der Waals surface area contributed by atoms with E-state index in [0.717, 1.165) is 18.8 Å². The van der Waals surface area contributed by atoms with Gasteiger partial charge in [-0.2, -0.15) is 0 Å². The minimum absolute atomic E-state index is 0.0491. The molecule has 0 aromatic heterocycles. The van der Waals surface area contributed by atoms with Crippen LogP contribution < -0.4 is 5.32 Å².